The molecule has 14 heteroatoms. The zero-order chi connectivity index (χ0) is 43.9. The largest absolute Gasteiger partial charge is 0.489 e. The monoisotopic (exact) mass is 868 g/mol. The molecule has 3 heterocycles. The molecule has 1 spiro atoms. The highest BCUT2D eigenvalue weighted by molar-refractivity contribution is 6.30. The smallest absolute Gasteiger partial charge is 0.419 e. The van der Waals surface area contributed by atoms with Crippen LogP contribution in [0.5, 0.6) is 17.2 Å². The molecular weight excluding hydrogens is 824 g/mol. The Labute approximate surface area is 362 Å². The van der Waals surface area contributed by atoms with Crippen LogP contribution in [0.4, 0.5) is 17.6 Å². The lowest BCUT2D eigenvalue weighted by Crippen LogP contribution is -2.52. The van der Waals surface area contributed by atoms with Gasteiger partial charge in [-0.15, -0.1) is 0 Å². The van der Waals surface area contributed by atoms with E-state index in [1.807, 2.05) is 53.6 Å². The molecule has 9 nitrogen and oxygen atoms in total. The molecule has 1 fully saturated rings. The third kappa shape index (κ3) is 10.9. The second-order valence-electron chi connectivity index (χ2n) is 15.5. The normalized spacial score (nSPS) is 14.6. The summed E-state index contributed by atoms with van der Waals surface area (Å²) in [5, 5.41) is 17.4. The number of nitrogens with one attached hydrogen (secondary N) is 1. The van der Waals surface area contributed by atoms with Crippen LogP contribution in [0.25, 0.3) is 0 Å². The molecule has 1 saturated heterocycles. The van der Waals surface area contributed by atoms with Crippen molar-refractivity contribution in [3.63, 3.8) is 0 Å². The van der Waals surface area contributed by atoms with Crippen LogP contribution in [0.1, 0.15) is 78.0 Å². The van der Waals surface area contributed by atoms with Gasteiger partial charge in [-0.05, 0) is 77.7 Å². The average Bonchev–Trinajstić information content (AvgIpc) is 3.85. The summed E-state index contributed by atoms with van der Waals surface area (Å²) in [6.07, 6.45) is 0.284. The zero-order valence-electron chi connectivity index (χ0n) is 34.2. The minimum atomic E-state index is -4.82. The lowest BCUT2D eigenvalue weighted by molar-refractivity contribution is -0.148. The van der Waals surface area contributed by atoms with Gasteiger partial charge in [-0.2, -0.15) is 18.3 Å². The van der Waals surface area contributed by atoms with E-state index in [1.165, 1.54) is 6.07 Å². The summed E-state index contributed by atoms with van der Waals surface area (Å²) in [6.45, 7) is 6.03. The number of benzene rings is 4. The number of nitrogens with zero attached hydrogens (tertiary/aromatic N) is 3. The first-order valence-corrected chi connectivity index (χ1v) is 20.7. The number of ether oxygens (including phenoxy) is 3. The topological polar surface area (TPSA) is 98.1 Å². The molecule has 62 heavy (non-hydrogen) atoms. The molecule has 1 unspecified atom stereocenters. The van der Waals surface area contributed by atoms with E-state index >= 15 is 0 Å². The number of halogens is 5. The molecule has 1 aromatic heterocycles. The molecule has 2 N–H and O–H groups in total. The second kappa shape index (κ2) is 19.4. The average molecular weight is 869 g/mol. The Morgan fingerprint density at radius 1 is 0.952 bits per heavy atom. The fourth-order valence-electron chi connectivity index (χ4n) is 7.43. The van der Waals surface area contributed by atoms with Gasteiger partial charge in [0.25, 0.3) is 5.79 Å². The molecule has 1 amide bonds. The summed E-state index contributed by atoms with van der Waals surface area (Å²) in [5.74, 6) is 12.1. The van der Waals surface area contributed by atoms with Crippen LogP contribution < -0.4 is 19.5 Å². The van der Waals surface area contributed by atoms with Crippen molar-refractivity contribution >= 4 is 17.5 Å². The number of aliphatic hydroxyl groups excluding tert-OH is 1. The standard InChI is InChI=1S/C48H45ClF4N4O5/c1-32(2)45(37-11-13-39(49)14-12-37)46(59)56-22-18-47(19-23-56)61-43-17-10-33(27-44(43)62-47)5-3-4-21-57-30-36(28-55-57)7-6-34-9-16-42(38(25-34)29-54-20-24-58)60-31-35-8-15-41(50)40(26-35)48(51,52)53/h8-17,25-28,30,32,45,54,58H,4,18-24,29,31H2,1-2H3. The summed E-state index contributed by atoms with van der Waals surface area (Å²) >= 11 is 6.10. The van der Waals surface area contributed by atoms with Crippen LogP contribution in [0.2, 0.25) is 5.02 Å². The number of carbonyl (C=O) groups is 1. The van der Waals surface area contributed by atoms with E-state index in [9.17, 15) is 27.5 Å². The van der Waals surface area contributed by atoms with E-state index in [0.717, 1.165) is 23.3 Å². The van der Waals surface area contributed by atoms with Gasteiger partial charge in [0.05, 0.1) is 36.4 Å². The van der Waals surface area contributed by atoms with Gasteiger partial charge in [-0.25, -0.2) is 4.39 Å². The maximum absolute atomic E-state index is 13.8. The summed E-state index contributed by atoms with van der Waals surface area (Å²) in [4.78, 5) is 15.6. The molecule has 0 aliphatic carbocycles. The number of piperidine rings is 1. The highest BCUT2D eigenvalue weighted by Gasteiger charge is 2.46. The zero-order valence-corrected chi connectivity index (χ0v) is 35.0. The Balaban J connectivity index is 0.912. The number of rotatable bonds is 12. The first-order chi connectivity index (χ1) is 29.8. The summed E-state index contributed by atoms with van der Waals surface area (Å²) in [7, 11) is 0. The first kappa shape index (κ1) is 44.1. The summed E-state index contributed by atoms with van der Waals surface area (Å²) in [5.41, 5.74) is 2.60. The maximum atomic E-state index is 13.8. The van der Waals surface area contributed by atoms with Gasteiger partial charge in [0.2, 0.25) is 5.91 Å². The van der Waals surface area contributed by atoms with Crippen molar-refractivity contribution in [3.8, 4) is 40.9 Å². The number of likely N-dealkylation sites (tertiary alicyclic amines) is 1. The van der Waals surface area contributed by atoms with Crippen molar-refractivity contribution in [2.45, 2.75) is 70.7 Å². The highest BCUT2D eigenvalue weighted by Crippen LogP contribution is 2.44. The number of hydrogen-bond acceptors (Lipinski definition) is 7. The van der Waals surface area contributed by atoms with E-state index in [-0.39, 0.29) is 36.5 Å². The van der Waals surface area contributed by atoms with E-state index in [4.69, 9.17) is 25.8 Å². The Morgan fingerprint density at radius 3 is 2.42 bits per heavy atom. The fraction of sp³-hybridized carbons (Fsp3) is 0.333. The van der Waals surface area contributed by atoms with Crippen LogP contribution in [-0.4, -0.2) is 57.7 Å². The van der Waals surface area contributed by atoms with Gasteiger partial charge in [-0.3, -0.25) is 9.48 Å². The molecule has 0 radical (unpaired) electrons. The van der Waals surface area contributed by atoms with Crippen molar-refractivity contribution in [1.29, 1.82) is 0 Å². The number of aromatic nitrogens is 2. The quantitative estimate of drug-likeness (QED) is 0.0736. The number of fused-ring (bicyclic) bond motifs is 1. The Hall–Kier alpha value is -5.99. The number of alkyl halides is 3. The molecule has 5 aromatic rings. The van der Waals surface area contributed by atoms with Crippen LogP contribution in [0, 0.1) is 35.4 Å². The SMILES string of the molecule is CC(C)C(C(=O)N1CCC2(CC1)Oc1ccc(C#CCCn3cc(C#Cc4ccc(OCc5ccc(F)c(C(F)(F)F)c5)c(CNCCO)c4)cn3)cc1O2)c1ccc(Cl)cc1. The van der Waals surface area contributed by atoms with E-state index in [0.29, 0.717) is 90.9 Å². The minimum Gasteiger partial charge on any atom is -0.489 e. The Kier molecular flexibility index (Phi) is 13.8. The van der Waals surface area contributed by atoms with Crippen LogP contribution in [-0.2, 0) is 30.7 Å². The van der Waals surface area contributed by atoms with Gasteiger partial charge in [0, 0.05) is 73.4 Å². The Morgan fingerprint density at radius 2 is 1.68 bits per heavy atom. The van der Waals surface area contributed by atoms with Crippen molar-refractivity contribution in [2.24, 2.45) is 5.92 Å². The summed E-state index contributed by atoms with van der Waals surface area (Å²) in [6, 6.07) is 21.1. The molecule has 2 aliphatic rings. The number of hydrogen-bond donors (Lipinski definition) is 2. The highest BCUT2D eigenvalue weighted by atomic mass is 35.5. The van der Waals surface area contributed by atoms with Gasteiger partial charge >= 0.3 is 6.18 Å². The third-order valence-electron chi connectivity index (χ3n) is 10.6. The third-order valence-corrected chi connectivity index (χ3v) is 10.9. The van der Waals surface area contributed by atoms with Crippen molar-refractivity contribution < 1.29 is 41.7 Å². The number of aryl methyl sites for hydroxylation is 1. The van der Waals surface area contributed by atoms with Gasteiger partial charge in [0.1, 0.15) is 18.2 Å². The first-order valence-electron chi connectivity index (χ1n) is 20.3. The molecule has 1 atom stereocenters. The maximum Gasteiger partial charge on any atom is 0.419 e. The number of amides is 1. The molecular formula is C48H45ClF4N4O5. The number of aliphatic hydroxyl groups is 1. The molecule has 0 saturated carbocycles. The lowest BCUT2D eigenvalue weighted by Gasteiger charge is -2.39. The molecule has 7 rings (SSSR count). The van der Waals surface area contributed by atoms with Gasteiger partial charge in [-0.1, -0.05) is 67.3 Å². The van der Waals surface area contributed by atoms with Crippen molar-refractivity contribution in [1.82, 2.24) is 20.0 Å². The van der Waals surface area contributed by atoms with Crippen LogP contribution >= 0.6 is 11.6 Å². The predicted molar refractivity (Wildman–Crippen MR) is 226 cm³/mol. The van der Waals surface area contributed by atoms with E-state index in [1.54, 1.807) is 29.1 Å². The van der Waals surface area contributed by atoms with E-state index in [2.05, 4.69) is 47.9 Å². The second-order valence-corrected chi connectivity index (χ2v) is 15.9. The molecule has 0 bridgehead atoms. The van der Waals surface area contributed by atoms with Gasteiger partial charge in [0.15, 0.2) is 11.5 Å². The van der Waals surface area contributed by atoms with Crippen molar-refractivity contribution in [2.75, 3.05) is 26.2 Å². The van der Waals surface area contributed by atoms with Crippen LogP contribution in [0.15, 0.2) is 91.3 Å². The van der Waals surface area contributed by atoms with E-state index < -0.39 is 23.3 Å². The predicted octanol–water partition coefficient (Wildman–Crippen LogP) is 8.73. The molecule has 2 aliphatic heterocycles. The summed E-state index contributed by atoms with van der Waals surface area (Å²) < 4.78 is 73.7. The number of carbonyl (C=O) groups excluding carboxylic acids is 1. The van der Waals surface area contributed by atoms with Gasteiger partial charge < -0.3 is 29.5 Å². The molecule has 4 aromatic carbocycles. The Bertz CT molecular complexity index is 2510. The fourth-order valence-corrected chi connectivity index (χ4v) is 7.56. The van der Waals surface area contributed by atoms with Crippen molar-refractivity contribution in [3.05, 3.63) is 141 Å². The van der Waals surface area contributed by atoms with Crippen LogP contribution in [0.3, 0.4) is 0 Å². The molecule has 322 valence electrons. The lowest BCUT2D eigenvalue weighted by atomic mass is 9.86. The minimum absolute atomic E-state index is 0.0851.